The number of rotatable bonds is 3. The lowest BCUT2D eigenvalue weighted by Crippen LogP contribution is -2.30. The van der Waals surface area contributed by atoms with E-state index in [1.807, 2.05) is 63.4 Å². The smallest absolute Gasteiger partial charge is 0.272 e. The quantitative estimate of drug-likeness (QED) is 0.842. The lowest BCUT2D eigenvalue weighted by atomic mass is 10.1. The van der Waals surface area contributed by atoms with Crippen molar-refractivity contribution >= 4 is 5.91 Å². The van der Waals surface area contributed by atoms with E-state index in [1.54, 1.807) is 11.0 Å². The molecule has 1 aromatic carbocycles. The molecule has 1 heterocycles. The van der Waals surface area contributed by atoms with Crippen LogP contribution in [0.3, 0.4) is 0 Å². The normalized spacial score (nSPS) is 11.9. The fraction of sp³-hybridized carbons (Fsp3) is 0.250. The summed E-state index contributed by atoms with van der Waals surface area (Å²) in [5, 5.41) is 0. The zero-order valence-electron chi connectivity index (χ0n) is 11.5. The summed E-state index contributed by atoms with van der Waals surface area (Å²) in [6.45, 7) is 3.90. The van der Waals surface area contributed by atoms with Crippen LogP contribution in [0.25, 0.3) is 0 Å². The van der Waals surface area contributed by atoms with Crippen molar-refractivity contribution in [1.82, 2.24) is 9.88 Å². The van der Waals surface area contributed by atoms with E-state index in [2.05, 4.69) is 4.98 Å². The lowest BCUT2D eigenvalue weighted by molar-refractivity contribution is 0.0736. The average molecular weight is 254 g/mol. The molecule has 0 N–H and O–H groups in total. The summed E-state index contributed by atoms with van der Waals surface area (Å²) in [6.07, 6.45) is 0. The van der Waals surface area contributed by atoms with Gasteiger partial charge in [0.1, 0.15) is 5.69 Å². The molecule has 2 aromatic rings. The van der Waals surface area contributed by atoms with Crippen LogP contribution in [0.5, 0.6) is 0 Å². The van der Waals surface area contributed by atoms with Crippen molar-refractivity contribution < 1.29 is 4.79 Å². The van der Waals surface area contributed by atoms with Gasteiger partial charge >= 0.3 is 0 Å². The summed E-state index contributed by atoms with van der Waals surface area (Å²) in [4.78, 5) is 18.4. The first-order valence-electron chi connectivity index (χ1n) is 6.35. The second-order valence-electron chi connectivity index (χ2n) is 4.67. The Balaban J connectivity index is 2.20. The summed E-state index contributed by atoms with van der Waals surface area (Å²) in [7, 11) is 1.81. The Morgan fingerprint density at radius 3 is 2.42 bits per heavy atom. The summed E-state index contributed by atoms with van der Waals surface area (Å²) in [5.74, 6) is -0.0555. The zero-order chi connectivity index (χ0) is 13.8. The van der Waals surface area contributed by atoms with Gasteiger partial charge in [-0.25, -0.2) is 4.98 Å². The van der Waals surface area contributed by atoms with Gasteiger partial charge in [0.15, 0.2) is 0 Å². The molecule has 0 aliphatic rings. The van der Waals surface area contributed by atoms with Gasteiger partial charge in [-0.1, -0.05) is 36.4 Å². The van der Waals surface area contributed by atoms with Crippen molar-refractivity contribution in [3.8, 4) is 0 Å². The predicted molar refractivity (Wildman–Crippen MR) is 75.9 cm³/mol. The van der Waals surface area contributed by atoms with E-state index in [-0.39, 0.29) is 11.9 Å². The Labute approximate surface area is 113 Å². The van der Waals surface area contributed by atoms with Gasteiger partial charge in [0, 0.05) is 12.7 Å². The second kappa shape index (κ2) is 5.65. The number of aryl methyl sites for hydroxylation is 1. The minimum Gasteiger partial charge on any atom is -0.334 e. The van der Waals surface area contributed by atoms with Crippen molar-refractivity contribution in [3.05, 3.63) is 65.5 Å². The number of carbonyl (C=O) groups is 1. The van der Waals surface area contributed by atoms with Crippen molar-refractivity contribution in [3.63, 3.8) is 0 Å². The van der Waals surface area contributed by atoms with Crippen LogP contribution in [-0.2, 0) is 0 Å². The molecule has 0 aliphatic carbocycles. The highest BCUT2D eigenvalue weighted by molar-refractivity contribution is 5.92. The highest BCUT2D eigenvalue weighted by Crippen LogP contribution is 2.19. The average Bonchev–Trinajstić information content (AvgIpc) is 2.46. The number of hydrogen-bond donors (Lipinski definition) is 0. The SMILES string of the molecule is Cc1cccc(C(=O)N(C)C(C)c2ccccc2)n1. The maximum atomic E-state index is 12.4. The second-order valence-corrected chi connectivity index (χ2v) is 4.67. The van der Waals surface area contributed by atoms with Gasteiger partial charge in [-0.3, -0.25) is 4.79 Å². The number of aromatic nitrogens is 1. The van der Waals surface area contributed by atoms with Gasteiger partial charge in [0.2, 0.25) is 0 Å². The van der Waals surface area contributed by atoms with E-state index in [9.17, 15) is 4.79 Å². The first-order chi connectivity index (χ1) is 9.09. The summed E-state index contributed by atoms with van der Waals surface area (Å²) < 4.78 is 0. The zero-order valence-corrected chi connectivity index (χ0v) is 11.5. The Bertz CT molecular complexity index is 566. The van der Waals surface area contributed by atoms with Crippen molar-refractivity contribution in [1.29, 1.82) is 0 Å². The number of pyridine rings is 1. The number of carbonyl (C=O) groups excluding carboxylic acids is 1. The molecule has 0 aliphatic heterocycles. The molecule has 1 amide bonds. The van der Waals surface area contributed by atoms with Crippen LogP contribution in [0.2, 0.25) is 0 Å². The third kappa shape index (κ3) is 2.99. The minimum absolute atomic E-state index is 0.0241. The monoisotopic (exact) mass is 254 g/mol. The molecule has 2 rings (SSSR count). The van der Waals surface area contributed by atoms with Crippen LogP contribution in [0.4, 0.5) is 0 Å². The van der Waals surface area contributed by atoms with Gasteiger partial charge < -0.3 is 4.90 Å². The maximum absolute atomic E-state index is 12.4. The Hall–Kier alpha value is -2.16. The van der Waals surface area contributed by atoms with Gasteiger partial charge in [0.05, 0.1) is 6.04 Å². The first-order valence-corrected chi connectivity index (χ1v) is 6.35. The van der Waals surface area contributed by atoms with E-state index >= 15 is 0 Å². The molecule has 1 atom stereocenters. The molecule has 3 heteroatoms. The van der Waals surface area contributed by atoms with Gasteiger partial charge in [-0.15, -0.1) is 0 Å². The standard InChI is InChI=1S/C16H18N2O/c1-12-8-7-11-15(17-12)16(19)18(3)13(2)14-9-5-4-6-10-14/h4-11,13H,1-3H3. The summed E-state index contributed by atoms with van der Waals surface area (Å²) in [6, 6.07) is 15.5. The van der Waals surface area contributed by atoms with Gasteiger partial charge in [-0.05, 0) is 31.5 Å². The Kier molecular flexibility index (Phi) is 3.95. The van der Waals surface area contributed by atoms with Crippen molar-refractivity contribution in [2.24, 2.45) is 0 Å². The largest absolute Gasteiger partial charge is 0.334 e. The number of hydrogen-bond acceptors (Lipinski definition) is 2. The van der Waals surface area contributed by atoms with E-state index in [4.69, 9.17) is 0 Å². The van der Waals surface area contributed by atoms with Crippen LogP contribution in [0.15, 0.2) is 48.5 Å². The highest BCUT2D eigenvalue weighted by Gasteiger charge is 2.19. The fourth-order valence-corrected chi connectivity index (χ4v) is 1.97. The molecule has 98 valence electrons. The molecule has 1 unspecified atom stereocenters. The van der Waals surface area contributed by atoms with Crippen LogP contribution < -0.4 is 0 Å². The number of amides is 1. The molecular weight excluding hydrogens is 236 g/mol. The molecule has 0 saturated carbocycles. The minimum atomic E-state index is -0.0555. The van der Waals surface area contributed by atoms with Crippen molar-refractivity contribution in [2.45, 2.75) is 19.9 Å². The van der Waals surface area contributed by atoms with Crippen molar-refractivity contribution in [2.75, 3.05) is 7.05 Å². The number of benzene rings is 1. The molecule has 0 saturated heterocycles. The predicted octanol–water partition coefficient (Wildman–Crippen LogP) is 3.22. The van der Waals surface area contributed by atoms with Gasteiger partial charge in [-0.2, -0.15) is 0 Å². The molecule has 0 spiro atoms. The van der Waals surface area contributed by atoms with Crippen LogP contribution >= 0.6 is 0 Å². The molecule has 1 aromatic heterocycles. The molecule has 0 fully saturated rings. The Morgan fingerprint density at radius 1 is 1.11 bits per heavy atom. The van der Waals surface area contributed by atoms with E-state index < -0.39 is 0 Å². The highest BCUT2D eigenvalue weighted by atomic mass is 16.2. The van der Waals surface area contributed by atoms with Gasteiger partial charge in [0.25, 0.3) is 5.91 Å². The van der Waals surface area contributed by atoms with Crippen LogP contribution in [0.1, 0.15) is 34.7 Å². The van der Waals surface area contributed by atoms with E-state index in [0.29, 0.717) is 5.69 Å². The topological polar surface area (TPSA) is 33.2 Å². The molecule has 19 heavy (non-hydrogen) atoms. The van der Waals surface area contributed by atoms with Crippen LogP contribution in [0, 0.1) is 6.92 Å². The summed E-state index contributed by atoms with van der Waals surface area (Å²) >= 11 is 0. The third-order valence-corrected chi connectivity index (χ3v) is 3.29. The molecule has 0 bridgehead atoms. The lowest BCUT2D eigenvalue weighted by Gasteiger charge is -2.25. The Morgan fingerprint density at radius 2 is 1.79 bits per heavy atom. The fourth-order valence-electron chi connectivity index (χ4n) is 1.97. The third-order valence-electron chi connectivity index (χ3n) is 3.29. The van der Waals surface area contributed by atoms with Crippen LogP contribution in [-0.4, -0.2) is 22.8 Å². The molecule has 3 nitrogen and oxygen atoms in total. The van der Waals surface area contributed by atoms with E-state index in [1.165, 1.54) is 0 Å². The molecular formula is C16H18N2O. The summed E-state index contributed by atoms with van der Waals surface area (Å²) in [5.41, 5.74) is 2.46. The maximum Gasteiger partial charge on any atom is 0.272 e. The first kappa shape index (κ1) is 13.3. The molecule has 0 radical (unpaired) electrons. The number of nitrogens with zero attached hydrogens (tertiary/aromatic N) is 2. The van der Waals surface area contributed by atoms with E-state index in [0.717, 1.165) is 11.3 Å².